The van der Waals surface area contributed by atoms with Crippen molar-refractivity contribution in [1.82, 2.24) is 20.3 Å². The van der Waals surface area contributed by atoms with E-state index >= 15 is 0 Å². The highest BCUT2D eigenvalue weighted by molar-refractivity contribution is 5.96. The van der Waals surface area contributed by atoms with E-state index in [2.05, 4.69) is 30.9 Å². The lowest BCUT2D eigenvalue weighted by Crippen LogP contribution is -2.25. The average molecular weight is 420 g/mol. The third-order valence-electron chi connectivity index (χ3n) is 5.29. The van der Waals surface area contributed by atoms with Crippen molar-refractivity contribution in [2.45, 2.75) is 33.1 Å². The van der Waals surface area contributed by atoms with Gasteiger partial charge in [0.25, 0.3) is 5.91 Å². The Balaban J connectivity index is 1.72. The van der Waals surface area contributed by atoms with Crippen molar-refractivity contribution in [3.63, 3.8) is 0 Å². The molecule has 5 rings (SSSR count). The molecule has 0 spiro atoms. The summed E-state index contributed by atoms with van der Waals surface area (Å²) >= 11 is 0. The van der Waals surface area contributed by atoms with Gasteiger partial charge in [0.15, 0.2) is 0 Å². The van der Waals surface area contributed by atoms with Crippen LogP contribution in [0, 0.1) is 19.8 Å². The highest BCUT2D eigenvalue weighted by Crippen LogP contribution is 2.27. The first kappa shape index (κ1) is 20.7. The van der Waals surface area contributed by atoms with E-state index in [0.717, 1.165) is 48.1 Å². The molecule has 31 heavy (non-hydrogen) atoms. The van der Waals surface area contributed by atoms with Crippen LogP contribution in [0.25, 0.3) is 11.1 Å². The summed E-state index contributed by atoms with van der Waals surface area (Å²) in [4.78, 5) is 25.2. The summed E-state index contributed by atoms with van der Waals surface area (Å²) in [6.07, 6.45) is 5.99. The van der Waals surface area contributed by atoms with Gasteiger partial charge in [0.2, 0.25) is 11.9 Å². The van der Waals surface area contributed by atoms with Crippen LogP contribution >= 0.6 is 0 Å². The van der Waals surface area contributed by atoms with Crippen LogP contribution in [-0.2, 0) is 0 Å². The molecule has 0 saturated carbocycles. The molecule has 7 nitrogen and oxygen atoms in total. The Morgan fingerprint density at radius 3 is 2.52 bits per heavy atom. The van der Waals surface area contributed by atoms with E-state index in [1.807, 2.05) is 26.0 Å². The molecule has 0 radical (unpaired) electrons. The molecular weight excluding hydrogens is 395 g/mol. The molecule has 1 aromatic carbocycles. The number of amides is 1. The molecule has 8 heteroatoms. The van der Waals surface area contributed by atoms with Crippen molar-refractivity contribution in [2.24, 2.45) is 0 Å². The second-order valence-electron chi connectivity index (χ2n) is 7.69. The molecule has 0 saturated heterocycles. The van der Waals surface area contributed by atoms with Crippen molar-refractivity contribution in [2.75, 3.05) is 23.7 Å². The number of halogens is 1. The number of nitrogens with zero attached hydrogens (tertiary/aromatic N) is 3. The van der Waals surface area contributed by atoms with Crippen LogP contribution < -0.4 is 16.0 Å². The van der Waals surface area contributed by atoms with E-state index in [0.29, 0.717) is 23.9 Å². The van der Waals surface area contributed by atoms with E-state index in [1.54, 1.807) is 18.3 Å². The number of hydrogen-bond acceptors (Lipinski definition) is 6. The minimum absolute atomic E-state index is 0.0818. The van der Waals surface area contributed by atoms with Gasteiger partial charge in [-0.05, 0) is 56.4 Å². The number of anilines is 3. The molecule has 2 aliphatic rings. The fraction of sp³-hybridized carbons (Fsp3) is 0.304. The number of rotatable bonds is 0. The van der Waals surface area contributed by atoms with Crippen LogP contribution in [0.1, 0.15) is 40.7 Å². The Labute approximate surface area is 180 Å². The van der Waals surface area contributed by atoms with Crippen LogP contribution in [0.15, 0.2) is 36.7 Å². The maximum Gasteiger partial charge on any atom is 0.251 e. The average Bonchev–Trinajstić information content (AvgIpc) is 2.75. The Hall–Kier alpha value is -3.55. The fourth-order valence-corrected chi connectivity index (χ4v) is 3.52. The van der Waals surface area contributed by atoms with Gasteiger partial charge in [0.1, 0.15) is 5.82 Å². The zero-order valence-corrected chi connectivity index (χ0v) is 17.6. The van der Waals surface area contributed by atoms with E-state index in [-0.39, 0.29) is 11.6 Å². The van der Waals surface area contributed by atoms with Crippen molar-refractivity contribution < 1.29 is 9.18 Å². The van der Waals surface area contributed by atoms with Crippen LogP contribution in [0.4, 0.5) is 21.8 Å². The molecule has 3 N–H and O–H groups in total. The van der Waals surface area contributed by atoms with Crippen LogP contribution in [0.5, 0.6) is 0 Å². The molecule has 0 atom stereocenters. The summed E-state index contributed by atoms with van der Waals surface area (Å²) in [5, 5.41) is 9.24. The zero-order valence-electron chi connectivity index (χ0n) is 17.6. The molecule has 2 aliphatic heterocycles. The minimum atomic E-state index is -0.638. The fourth-order valence-electron chi connectivity index (χ4n) is 3.52. The van der Waals surface area contributed by atoms with Crippen molar-refractivity contribution in [1.29, 1.82) is 0 Å². The first-order valence-electron chi connectivity index (χ1n) is 10.4. The van der Waals surface area contributed by atoms with Crippen molar-refractivity contribution in [3.8, 4) is 11.1 Å². The van der Waals surface area contributed by atoms with Crippen LogP contribution in [-0.4, -0.2) is 33.9 Å². The monoisotopic (exact) mass is 420 g/mol. The predicted octanol–water partition coefficient (Wildman–Crippen LogP) is 4.36. The lowest BCUT2D eigenvalue weighted by atomic mass is 10.00. The number of carbonyl (C=O) groups is 1. The van der Waals surface area contributed by atoms with Crippen LogP contribution in [0.3, 0.4) is 0 Å². The number of hydrogen-bond donors (Lipinski definition) is 3. The lowest BCUT2D eigenvalue weighted by molar-refractivity contribution is 0.0952. The maximum absolute atomic E-state index is 14.4. The van der Waals surface area contributed by atoms with E-state index in [4.69, 9.17) is 0 Å². The van der Waals surface area contributed by atoms with Gasteiger partial charge in [0.05, 0.1) is 5.69 Å². The van der Waals surface area contributed by atoms with Crippen molar-refractivity contribution in [3.05, 3.63) is 59.3 Å². The quantitative estimate of drug-likeness (QED) is 0.468. The lowest BCUT2D eigenvalue weighted by Gasteiger charge is -2.12. The molecule has 160 valence electrons. The first-order valence-corrected chi connectivity index (χ1v) is 10.4. The van der Waals surface area contributed by atoms with Gasteiger partial charge in [-0.2, -0.15) is 9.37 Å². The highest BCUT2D eigenvalue weighted by Gasteiger charge is 2.13. The smallest absolute Gasteiger partial charge is 0.251 e. The summed E-state index contributed by atoms with van der Waals surface area (Å²) in [5.74, 6) is 0.284. The van der Waals surface area contributed by atoms with Gasteiger partial charge >= 0.3 is 0 Å². The van der Waals surface area contributed by atoms with E-state index in [1.165, 1.54) is 6.20 Å². The Bertz CT molecular complexity index is 1120. The SMILES string of the molecule is Cc1cc2ccc1C(=O)NCCCCCNc1nc(ncc1C)Nc1cc-2cnc1F. The molecule has 0 unspecified atom stereocenters. The molecule has 6 bridgehead atoms. The molecule has 4 heterocycles. The minimum Gasteiger partial charge on any atom is -0.370 e. The number of nitrogens with one attached hydrogen (secondary N) is 3. The largest absolute Gasteiger partial charge is 0.370 e. The first-order chi connectivity index (χ1) is 15.0. The Kier molecular flexibility index (Phi) is 6.06. The summed E-state index contributed by atoms with van der Waals surface area (Å²) in [5.41, 5.74) is 4.15. The second kappa shape index (κ2) is 9.07. The molecular formula is C23H25FN6O. The third kappa shape index (κ3) is 4.79. The second-order valence-corrected chi connectivity index (χ2v) is 7.69. The van der Waals surface area contributed by atoms with Gasteiger partial charge in [-0.15, -0.1) is 0 Å². The topological polar surface area (TPSA) is 91.8 Å². The number of benzene rings is 1. The molecule has 2 aromatic heterocycles. The number of aromatic nitrogens is 3. The van der Waals surface area contributed by atoms with Gasteiger partial charge in [0, 0.05) is 42.2 Å². The summed E-state index contributed by atoms with van der Waals surface area (Å²) in [7, 11) is 0. The number of fused-ring (bicyclic) bond motifs is 9. The molecule has 0 aliphatic carbocycles. The Morgan fingerprint density at radius 1 is 0.903 bits per heavy atom. The molecule has 1 amide bonds. The molecule has 3 aromatic rings. The Morgan fingerprint density at radius 2 is 1.71 bits per heavy atom. The number of aryl methyl sites for hydroxylation is 2. The number of pyridine rings is 1. The summed E-state index contributed by atoms with van der Waals surface area (Å²) < 4.78 is 14.4. The van der Waals surface area contributed by atoms with Crippen LogP contribution in [0.2, 0.25) is 0 Å². The standard InChI is InChI=1S/C23H25FN6O/c1-14-10-16-6-7-18(14)22(31)26-9-5-3-4-8-25-21-15(2)12-28-23(30-21)29-19-11-17(16)13-27-20(19)24/h6-7,10-13H,3-5,8-9H2,1-2H3,(H,26,31)(H2,25,28,29,30). The van der Waals surface area contributed by atoms with E-state index in [9.17, 15) is 9.18 Å². The van der Waals surface area contributed by atoms with Crippen molar-refractivity contribution >= 4 is 23.4 Å². The highest BCUT2D eigenvalue weighted by atomic mass is 19.1. The van der Waals surface area contributed by atoms with Gasteiger partial charge in [-0.25, -0.2) is 9.97 Å². The van der Waals surface area contributed by atoms with Gasteiger partial charge in [-0.1, -0.05) is 12.1 Å². The summed E-state index contributed by atoms with van der Waals surface area (Å²) in [6, 6.07) is 7.22. The summed E-state index contributed by atoms with van der Waals surface area (Å²) in [6.45, 7) is 5.19. The third-order valence-corrected chi connectivity index (χ3v) is 5.29. The maximum atomic E-state index is 14.4. The normalized spacial score (nSPS) is 14.5. The van der Waals surface area contributed by atoms with Gasteiger partial charge in [-0.3, -0.25) is 4.79 Å². The predicted molar refractivity (Wildman–Crippen MR) is 119 cm³/mol. The number of carbonyl (C=O) groups excluding carboxylic acids is 1. The molecule has 0 fully saturated rings. The zero-order chi connectivity index (χ0) is 21.8. The van der Waals surface area contributed by atoms with Gasteiger partial charge < -0.3 is 16.0 Å². The van der Waals surface area contributed by atoms with E-state index < -0.39 is 5.95 Å².